The Labute approximate surface area is 145 Å². The fourth-order valence-electron chi connectivity index (χ4n) is 3.02. The van der Waals surface area contributed by atoms with E-state index >= 15 is 0 Å². The van der Waals surface area contributed by atoms with Crippen molar-refractivity contribution >= 4 is 5.96 Å². The zero-order valence-corrected chi connectivity index (χ0v) is 14.9. The predicted octanol–water partition coefficient (Wildman–Crippen LogP) is 2.26. The first-order valence-corrected chi connectivity index (χ1v) is 8.67. The summed E-state index contributed by atoms with van der Waals surface area (Å²) < 4.78 is 5.70. The number of rotatable bonds is 7. The third-order valence-electron chi connectivity index (χ3n) is 4.28. The predicted molar refractivity (Wildman–Crippen MR) is 101 cm³/mol. The number of piperidine rings is 1. The Morgan fingerprint density at radius 2 is 2.25 bits per heavy atom. The summed E-state index contributed by atoms with van der Waals surface area (Å²) in [5, 5.41) is 6.82. The van der Waals surface area contributed by atoms with Crippen LogP contribution in [0, 0.1) is 5.92 Å². The van der Waals surface area contributed by atoms with E-state index in [0.717, 1.165) is 30.4 Å². The van der Waals surface area contributed by atoms with Gasteiger partial charge in [-0.15, -0.1) is 0 Å². The van der Waals surface area contributed by atoms with Crippen LogP contribution in [0.5, 0.6) is 5.75 Å². The number of guanidine groups is 1. The lowest BCUT2D eigenvalue weighted by Gasteiger charge is -2.30. The molecule has 0 aliphatic carbocycles. The van der Waals surface area contributed by atoms with Crippen LogP contribution in [0.2, 0.25) is 0 Å². The lowest BCUT2D eigenvalue weighted by atomic mass is 9.99. The molecule has 1 unspecified atom stereocenters. The molecule has 132 valence electrons. The quantitative estimate of drug-likeness (QED) is 0.457. The molecule has 1 aliphatic heterocycles. The molecule has 1 heterocycles. The summed E-state index contributed by atoms with van der Waals surface area (Å²) in [4.78, 5) is 6.72. The molecule has 0 aromatic heterocycles. The van der Waals surface area contributed by atoms with Gasteiger partial charge in [-0.2, -0.15) is 0 Å². The molecule has 2 rings (SSSR count). The monoisotopic (exact) mass is 330 g/mol. The van der Waals surface area contributed by atoms with E-state index in [2.05, 4.69) is 40.2 Å². The van der Waals surface area contributed by atoms with E-state index in [1.165, 1.54) is 19.4 Å². The van der Waals surface area contributed by atoms with Crippen molar-refractivity contribution in [2.75, 3.05) is 40.3 Å². The fraction of sp³-hybridized carbons (Fsp3) is 0.526. The first-order valence-electron chi connectivity index (χ1n) is 8.67. The normalized spacial score (nSPS) is 18.9. The molecule has 2 N–H and O–H groups in total. The Hall–Kier alpha value is -2.01. The average molecular weight is 330 g/mol. The van der Waals surface area contributed by atoms with E-state index in [1.807, 2.05) is 25.2 Å². The van der Waals surface area contributed by atoms with Crippen LogP contribution in [-0.2, 0) is 6.54 Å². The Bertz CT molecular complexity index is 544. The van der Waals surface area contributed by atoms with Gasteiger partial charge in [-0.3, -0.25) is 4.99 Å². The maximum absolute atomic E-state index is 5.70. The first kappa shape index (κ1) is 18.3. The highest BCUT2D eigenvalue weighted by Gasteiger charge is 2.17. The molecule has 5 nitrogen and oxygen atoms in total. The van der Waals surface area contributed by atoms with Crippen LogP contribution in [0.4, 0.5) is 0 Å². The highest BCUT2D eigenvalue weighted by Crippen LogP contribution is 2.17. The summed E-state index contributed by atoms with van der Waals surface area (Å²) >= 11 is 0. The van der Waals surface area contributed by atoms with Crippen LogP contribution in [-0.4, -0.2) is 51.2 Å². The van der Waals surface area contributed by atoms with E-state index in [9.17, 15) is 0 Å². The van der Waals surface area contributed by atoms with Crippen LogP contribution in [0.1, 0.15) is 18.4 Å². The molecule has 1 aromatic rings. The molecular weight excluding hydrogens is 300 g/mol. The molecule has 1 saturated heterocycles. The molecule has 5 heteroatoms. The number of hydrogen-bond donors (Lipinski definition) is 2. The maximum Gasteiger partial charge on any atom is 0.191 e. The highest BCUT2D eigenvalue weighted by atomic mass is 16.5. The van der Waals surface area contributed by atoms with Crippen LogP contribution >= 0.6 is 0 Å². The van der Waals surface area contributed by atoms with Gasteiger partial charge >= 0.3 is 0 Å². The lowest BCUT2D eigenvalue weighted by Crippen LogP contribution is -2.43. The SMILES string of the molecule is C=CCOc1ccccc1CNC(=NC)NCC1CCCN(C)C1. The Morgan fingerprint density at radius 3 is 3.00 bits per heavy atom. The third-order valence-corrected chi connectivity index (χ3v) is 4.28. The number of para-hydroxylation sites is 1. The minimum absolute atomic E-state index is 0.513. The summed E-state index contributed by atoms with van der Waals surface area (Å²) in [7, 11) is 4.00. The van der Waals surface area contributed by atoms with Crippen molar-refractivity contribution in [3.05, 3.63) is 42.5 Å². The second kappa shape index (κ2) is 9.98. The second-order valence-corrected chi connectivity index (χ2v) is 6.28. The van der Waals surface area contributed by atoms with Gasteiger partial charge in [0.15, 0.2) is 5.96 Å². The van der Waals surface area contributed by atoms with E-state index in [1.54, 1.807) is 6.08 Å². The van der Waals surface area contributed by atoms with Gasteiger partial charge in [0.2, 0.25) is 0 Å². The van der Waals surface area contributed by atoms with E-state index in [0.29, 0.717) is 19.1 Å². The van der Waals surface area contributed by atoms with Crippen molar-refractivity contribution in [2.45, 2.75) is 19.4 Å². The van der Waals surface area contributed by atoms with Gasteiger partial charge in [0.25, 0.3) is 0 Å². The zero-order valence-electron chi connectivity index (χ0n) is 14.9. The van der Waals surface area contributed by atoms with Gasteiger partial charge in [-0.1, -0.05) is 30.9 Å². The Kier molecular flexibility index (Phi) is 7.62. The lowest BCUT2D eigenvalue weighted by molar-refractivity contribution is 0.210. The van der Waals surface area contributed by atoms with Crippen molar-refractivity contribution in [1.29, 1.82) is 0 Å². The van der Waals surface area contributed by atoms with E-state index < -0.39 is 0 Å². The van der Waals surface area contributed by atoms with Gasteiger partial charge in [-0.25, -0.2) is 0 Å². The number of nitrogens with one attached hydrogen (secondary N) is 2. The van der Waals surface area contributed by atoms with Gasteiger partial charge in [0.1, 0.15) is 12.4 Å². The van der Waals surface area contributed by atoms with Crippen LogP contribution < -0.4 is 15.4 Å². The minimum Gasteiger partial charge on any atom is -0.489 e. The molecule has 0 amide bonds. The molecule has 0 bridgehead atoms. The molecule has 0 radical (unpaired) electrons. The number of aliphatic imine (C=N–C) groups is 1. The van der Waals surface area contributed by atoms with Crippen molar-refractivity contribution in [3.8, 4) is 5.75 Å². The molecule has 0 spiro atoms. The first-order chi connectivity index (χ1) is 11.7. The number of ether oxygens (including phenoxy) is 1. The van der Waals surface area contributed by atoms with Crippen LogP contribution in [0.3, 0.4) is 0 Å². The summed E-state index contributed by atoms with van der Waals surface area (Å²) in [6, 6.07) is 8.05. The molecule has 1 atom stereocenters. The van der Waals surface area contributed by atoms with Gasteiger partial charge < -0.3 is 20.3 Å². The number of benzene rings is 1. The largest absolute Gasteiger partial charge is 0.489 e. The smallest absolute Gasteiger partial charge is 0.191 e. The van der Waals surface area contributed by atoms with E-state index in [-0.39, 0.29) is 0 Å². The van der Waals surface area contributed by atoms with Crippen molar-refractivity contribution in [3.63, 3.8) is 0 Å². The maximum atomic E-state index is 5.70. The summed E-state index contributed by atoms with van der Waals surface area (Å²) in [5.41, 5.74) is 1.11. The minimum atomic E-state index is 0.513. The second-order valence-electron chi connectivity index (χ2n) is 6.28. The van der Waals surface area contributed by atoms with Crippen LogP contribution in [0.15, 0.2) is 41.9 Å². The highest BCUT2D eigenvalue weighted by molar-refractivity contribution is 5.79. The average Bonchev–Trinajstić information content (AvgIpc) is 2.61. The summed E-state index contributed by atoms with van der Waals surface area (Å²) in [6.45, 7) is 8.21. The molecule has 1 fully saturated rings. The van der Waals surface area contributed by atoms with Crippen molar-refractivity contribution in [1.82, 2.24) is 15.5 Å². The standard InChI is InChI=1S/C19H30N4O/c1-4-12-24-18-10-6-5-9-17(18)14-22-19(20-2)21-13-16-8-7-11-23(3)15-16/h4-6,9-10,16H,1,7-8,11-15H2,2-3H3,(H2,20,21,22). The van der Waals surface area contributed by atoms with Crippen LogP contribution in [0.25, 0.3) is 0 Å². The van der Waals surface area contributed by atoms with Gasteiger partial charge in [0, 0.05) is 32.2 Å². The Balaban J connectivity index is 1.82. The van der Waals surface area contributed by atoms with Gasteiger partial charge in [0.05, 0.1) is 0 Å². The van der Waals surface area contributed by atoms with Crippen molar-refractivity contribution < 1.29 is 4.74 Å². The summed E-state index contributed by atoms with van der Waals surface area (Å²) in [6.07, 6.45) is 4.32. The third kappa shape index (κ3) is 5.89. The van der Waals surface area contributed by atoms with Crippen molar-refractivity contribution in [2.24, 2.45) is 10.9 Å². The summed E-state index contributed by atoms with van der Waals surface area (Å²) in [5.74, 6) is 2.40. The van der Waals surface area contributed by atoms with E-state index in [4.69, 9.17) is 4.74 Å². The fourth-order valence-corrected chi connectivity index (χ4v) is 3.02. The topological polar surface area (TPSA) is 48.9 Å². The number of nitrogens with zero attached hydrogens (tertiary/aromatic N) is 2. The molecule has 24 heavy (non-hydrogen) atoms. The molecule has 1 aromatic carbocycles. The molecule has 0 saturated carbocycles. The zero-order chi connectivity index (χ0) is 17.2. The molecule has 1 aliphatic rings. The molecular formula is C19H30N4O. The van der Waals surface area contributed by atoms with Gasteiger partial charge in [-0.05, 0) is 38.4 Å². The number of likely N-dealkylation sites (tertiary alicyclic amines) is 1. The Morgan fingerprint density at radius 1 is 1.42 bits per heavy atom. The number of hydrogen-bond acceptors (Lipinski definition) is 3.